The van der Waals surface area contributed by atoms with Gasteiger partial charge < -0.3 is 20.3 Å². The quantitative estimate of drug-likeness (QED) is 0.540. The van der Waals surface area contributed by atoms with E-state index in [9.17, 15) is 9.59 Å². The fraction of sp³-hybridized carbons (Fsp3) is 0.296. The van der Waals surface area contributed by atoms with Gasteiger partial charge in [-0.3, -0.25) is 4.79 Å². The van der Waals surface area contributed by atoms with Gasteiger partial charge in [-0.15, -0.1) is 0 Å². The lowest BCUT2D eigenvalue weighted by Gasteiger charge is -2.33. The Labute approximate surface area is 200 Å². The van der Waals surface area contributed by atoms with Crippen molar-refractivity contribution in [3.05, 3.63) is 89.6 Å². The number of aromatic nitrogens is 1. The van der Waals surface area contributed by atoms with Crippen molar-refractivity contribution in [2.45, 2.75) is 26.4 Å². The van der Waals surface area contributed by atoms with Crippen molar-refractivity contribution >= 4 is 17.6 Å². The van der Waals surface area contributed by atoms with Crippen molar-refractivity contribution < 1.29 is 14.3 Å². The van der Waals surface area contributed by atoms with Crippen LogP contribution in [0, 0.1) is 12.8 Å². The predicted octanol–water partition coefficient (Wildman–Crippen LogP) is 4.64. The molecule has 3 aromatic rings. The number of nitrogens with one attached hydrogen (secondary N) is 2. The molecule has 1 atom stereocenters. The summed E-state index contributed by atoms with van der Waals surface area (Å²) in [4.78, 5) is 31.5. The molecule has 0 radical (unpaired) electrons. The molecule has 4 rings (SSSR count). The zero-order valence-electron chi connectivity index (χ0n) is 19.4. The Morgan fingerprint density at radius 1 is 1.09 bits per heavy atom. The molecular formula is C27H30N4O3. The Morgan fingerprint density at radius 2 is 1.88 bits per heavy atom. The third kappa shape index (κ3) is 6.57. The first-order chi connectivity index (χ1) is 16.6. The van der Waals surface area contributed by atoms with Crippen LogP contribution < -0.4 is 15.4 Å². The maximum absolute atomic E-state index is 13.1. The monoisotopic (exact) mass is 458 g/mol. The summed E-state index contributed by atoms with van der Waals surface area (Å²) in [6.45, 7) is 4.22. The van der Waals surface area contributed by atoms with Gasteiger partial charge in [0.1, 0.15) is 6.61 Å². The lowest BCUT2D eigenvalue weighted by atomic mass is 9.97. The summed E-state index contributed by atoms with van der Waals surface area (Å²) in [5, 5.41) is 5.79. The minimum absolute atomic E-state index is 0.0410. The molecule has 3 amide bonds. The van der Waals surface area contributed by atoms with E-state index in [1.807, 2.05) is 66.4 Å². The van der Waals surface area contributed by atoms with Gasteiger partial charge >= 0.3 is 6.03 Å². The van der Waals surface area contributed by atoms with Crippen LogP contribution in [0.25, 0.3) is 0 Å². The van der Waals surface area contributed by atoms with Crippen molar-refractivity contribution in [2.75, 3.05) is 25.0 Å². The van der Waals surface area contributed by atoms with E-state index in [1.54, 1.807) is 18.3 Å². The number of pyridine rings is 1. The Hall–Kier alpha value is -3.87. The van der Waals surface area contributed by atoms with E-state index in [2.05, 4.69) is 15.6 Å². The molecule has 1 aliphatic heterocycles. The van der Waals surface area contributed by atoms with Crippen LogP contribution in [-0.2, 0) is 6.61 Å². The smallest absolute Gasteiger partial charge is 0.319 e. The van der Waals surface area contributed by atoms with E-state index >= 15 is 0 Å². The Bertz CT molecular complexity index is 1100. The molecule has 2 aromatic carbocycles. The van der Waals surface area contributed by atoms with Crippen molar-refractivity contribution in [3.8, 4) is 5.88 Å². The zero-order valence-corrected chi connectivity index (χ0v) is 19.4. The van der Waals surface area contributed by atoms with E-state index in [4.69, 9.17) is 4.74 Å². The molecule has 1 saturated heterocycles. The first-order valence-electron chi connectivity index (χ1n) is 11.6. The van der Waals surface area contributed by atoms with E-state index < -0.39 is 0 Å². The molecule has 2 heterocycles. The molecular weight excluding hydrogens is 428 g/mol. The number of rotatable bonds is 7. The number of amides is 3. The molecule has 7 nitrogen and oxygen atoms in total. The molecule has 1 fully saturated rings. The highest BCUT2D eigenvalue weighted by Gasteiger charge is 2.25. The fourth-order valence-electron chi connectivity index (χ4n) is 4.00. The maximum atomic E-state index is 13.1. The second-order valence-electron chi connectivity index (χ2n) is 8.62. The number of hydrogen-bond donors (Lipinski definition) is 2. The highest BCUT2D eigenvalue weighted by atomic mass is 16.5. The summed E-state index contributed by atoms with van der Waals surface area (Å²) in [5.41, 5.74) is 3.50. The number of piperidine rings is 1. The Morgan fingerprint density at radius 3 is 2.68 bits per heavy atom. The van der Waals surface area contributed by atoms with E-state index in [-0.39, 0.29) is 17.9 Å². The van der Waals surface area contributed by atoms with Crippen molar-refractivity contribution in [1.29, 1.82) is 0 Å². The summed E-state index contributed by atoms with van der Waals surface area (Å²) >= 11 is 0. The first kappa shape index (κ1) is 23.3. The second-order valence-corrected chi connectivity index (χ2v) is 8.62. The number of hydrogen-bond acceptors (Lipinski definition) is 4. The van der Waals surface area contributed by atoms with Gasteiger partial charge in [-0.25, -0.2) is 9.78 Å². The molecule has 0 spiro atoms. The second kappa shape index (κ2) is 11.3. The van der Waals surface area contributed by atoms with Gasteiger partial charge in [0.25, 0.3) is 5.91 Å². The lowest BCUT2D eigenvalue weighted by molar-refractivity contribution is 0.0674. The topological polar surface area (TPSA) is 83.6 Å². The standard InChI is InChI=1S/C27H30N4O3/c1-20-9-11-24(12-10-20)30-27(33)29-17-22-8-5-15-31(18-22)26(32)23-13-14-28-25(16-23)34-19-21-6-3-2-4-7-21/h2-4,6-7,9-14,16,22H,5,8,15,17-19H2,1H3,(H2,29,30,33). The summed E-state index contributed by atoms with van der Waals surface area (Å²) in [7, 11) is 0. The number of likely N-dealkylation sites (tertiary alicyclic amines) is 1. The average Bonchev–Trinajstić information content (AvgIpc) is 2.88. The van der Waals surface area contributed by atoms with Crippen LogP contribution in [0.1, 0.15) is 34.3 Å². The van der Waals surface area contributed by atoms with Gasteiger partial charge in [0.15, 0.2) is 0 Å². The van der Waals surface area contributed by atoms with Crippen LogP contribution in [0.2, 0.25) is 0 Å². The summed E-state index contributed by atoms with van der Waals surface area (Å²) in [6, 6.07) is 20.7. The number of aryl methyl sites for hydroxylation is 1. The van der Waals surface area contributed by atoms with Gasteiger partial charge in [-0.05, 0) is 49.4 Å². The fourth-order valence-corrected chi connectivity index (χ4v) is 4.00. The normalized spacial score (nSPS) is 15.4. The number of nitrogens with zero attached hydrogens (tertiary/aromatic N) is 2. The Kier molecular flexibility index (Phi) is 7.75. The van der Waals surface area contributed by atoms with Crippen LogP contribution in [0.5, 0.6) is 5.88 Å². The molecule has 7 heteroatoms. The Balaban J connectivity index is 1.28. The number of carbonyl (C=O) groups is 2. The molecule has 0 bridgehead atoms. The number of carbonyl (C=O) groups excluding carboxylic acids is 2. The van der Waals surface area contributed by atoms with Crippen molar-refractivity contribution in [3.63, 3.8) is 0 Å². The molecule has 0 aliphatic carbocycles. The zero-order chi connectivity index (χ0) is 23.8. The predicted molar refractivity (Wildman–Crippen MR) is 132 cm³/mol. The number of anilines is 1. The molecule has 2 N–H and O–H groups in total. The van der Waals surface area contributed by atoms with Gasteiger partial charge in [0.05, 0.1) is 0 Å². The number of urea groups is 1. The minimum atomic E-state index is -0.235. The molecule has 0 saturated carbocycles. The van der Waals surface area contributed by atoms with Gasteiger partial charge in [0.2, 0.25) is 5.88 Å². The molecule has 34 heavy (non-hydrogen) atoms. The molecule has 1 unspecified atom stereocenters. The largest absolute Gasteiger partial charge is 0.473 e. The van der Waals surface area contributed by atoms with Gasteiger partial charge in [-0.1, -0.05) is 48.0 Å². The van der Waals surface area contributed by atoms with Crippen molar-refractivity contribution in [1.82, 2.24) is 15.2 Å². The van der Waals surface area contributed by atoms with Crippen LogP contribution in [-0.4, -0.2) is 41.5 Å². The highest BCUT2D eigenvalue weighted by molar-refractivity contribution is 5.94. The third-order valence-corrected chi connectivity index (χ3v) is 5.88. The minimum Gasteiger partial charge on any atom is -0.473 e. The van der Waals surface area contributed by atoms with Crippen LogP contribution >= 0.6 is 0 Å². The SMILES string of the molecule is Cc1ccc(NC(=O)NCC2CCCN(C(=O)c3ccnc(OCc4ccccc4)c3)C2)cc1. The number of ether oxygens (including phenoxy) is 1. The van der Waals surface area contributed by atoms with Gasteiger partial charge in [-0.2, -0.15) is 0 Å². The van der Waals surface area contributed by atoms with E-state index in [0.717, 1.165) is 29.7 Å². The van der Waals surface area contributed by atoms with Crippen molar-refractivity contribution in [2.24, 2.45) is 5.92 Å². The third-order valence-electron chi connectivity index (χ3n) is 5.88. The maximum Gasteiger partial charge on any atom is 0.319 e. The lowest BCUT2D eigenvalue weighted by Crippen LogP contribution is -2.44. The van der Waals surface area contributed by atoms with Crippen LogP contribution in [0.15, 0.2) is 72.9 Å². The molecule has 1 aromatic heterocycles. The first-order valence-corrected chi connectivity index (χ1v) is 11.6. The van der Waals surface area contributed by atoms with Gasteiger partial charge in [0, 0.05) is 43.1 Å². The summed E-state index contributed by atoms with van der Waals surface area (Å²) in [5.74, 6) is 0.593. The summed E-state index contributed by atoms with van der Waals surface area (Å²) in [6.07, 6.45) is 3.47. The summed E-state index contributed by atoms with van der Waals surface area (Å²) < 4.78 is 5.78. The average molecular weight is 459 g/mol. The van der Waals surface area contributed by atoms with E-state index in [0.29, 0.717) is 37.7 Å². The molecule has 176 valence electrons. The van der Waals surface area contributed by atoms with Crippen LogP contribution in [0.4, 0.5) is 10.5 Å². The molecule has 1 aliphatic rings. The number of benzene rings is 2. The van der Waals surface area contributed by atoms with E-state index in [1.165, 1.54) is 0 Å². The highest BCUT2D eigenvalue weighted by Crippen LogP contribution is 2.20. The van der Waals surface area contributed by atoms with Crippen LogP contribution in [0.3, 0.4) is 0 Å².